The van der Waals surface area contributed by atoms with Gasteiger partial charge >= 0.3 is 6.09 Å². The number of amides is 1. The lowest BCUT2D eigenvalue weighted by Crippen LogP contribution is -2.43. The van der Waals surface area contributed by atoms with Gasteiger partial charge in [-0.15, -0.1) is 0 Å². The summed E-state index contributed by atoms with van der Waals surface area (Å²) in [6.45, 7) is 5.89. The van der Waals surface area contributed by atoms with Crippen LogP contribution < -0.4 is 9.47 Å². The second kappa shape index (κ2) is 7.76. The van der Waals surface area contributed by atoms with Crippen LogP contribution in [-0.2, 0) is 4.74 Å². The largest absolute Gasteiger partial charge is 0.493 e. The summed E-state index contributed by atoms with van der Waals surface area (Å²) in [6.07, 6.45) is 0.226. The van der Waals surface area contributed by atoms with Crippen LogP contribution in [0.3, 0.4) is 0 Å². The van der Waals surface area contributed by atoms with Crippen molar-refractivity contribution < 1.29 is 32.0 Å². The third kappa shape index (κ3) is 4.65. The van der Waals surface area contributed by atoms with E-state index in [1.54, 1.807) is 20.8 Å². The molecule has 0 bridgehead atoms. The van der Waals surface area contributed by atoms with Gasteiger partial charge in [-0.3, -0.25) is 4.79 Å². The molecule has 138 valence electrons. The van der Waals surface area contributed by atoms with Crippen LogP contribution in [0.1, 0.15) is 52.2 Å². The van der Waals surface area contributed by atoms with E-state index < -0.39 is 43.2 Å². The first-order chi connectivity index (χ1) is 14.1. The minimum absolute atomic E-state index is 0.0754. The van der Waals surface area contributed by atoms with Crippen molar-refractivity contribution in [2.24, 2.45) is 5.92 Å². The van der Waals surface area contributed by atoms with Crippen molar-refractivity contribution in [2.45, 2.75) is 39.2 Å². The van der Waals surface area contributed by atoms with Crippen LogP contribution in [0.5, 0.6) is 11.5 Å². The molecular formula is C19H27NO5. The molecule has 1 aromatic rings. The number of piperidine rings is 1. The number of hydrogen-bond donors (Lipinski definition) is 0. The molecule has 0 aliphatic carbocycles. The van der Waals surface area contributed by atoms with Crippen LogP contribution in [0.25, 0.3) is 0 Å². The van der Waals surface area contributed by atoms with Crippen molar-refractivity contribution in [3.05, 3.63) is 23.8 Å². The second-order valence-corrected chi connectivity index (χ2v) is 6.94. The zero-order valence-corrected chi connectivity index (χ0v) is 14.6. The van der Waals surface area contributed by atoms with Crippen LogP contribution in [0.15, 0.2) is 18.2 Å². The third-order valence-electron chi connectivity index (χ3n) is 3.97. The zero-order chi connectivity index (χ0) is 23.6. The molecule has 0 spiro atoms. The maximum Gasteiger partial charge on any atom is 0.410 e. The van der Waals surface area contributed by atoms with Crippen LogP contribution >= 0.6 is 0 Å². The van der Waals surface area contributed by atoms with Crippen LogP contribution in [0.4, 0.5) is 4.79 Å². The van der Waals surface area contributed by atoms with Crippen molar-refractivity contribution in [2.75, 3.05) is 27.2 Å². The predicted octanol–water partition coefficient (Wildman–Crippen LogP) is 3.53. The molecule has 1 aliphatic rings. The topological polar surface area (TPSA) is 65.1 Å². The van der Waals surface area contributed by atoms with Crippen LogP contribution in [-0.4, -0.2) is 49.5 Å². The minimum Gasteiger partial charge on any atom is -0.493 e. The fourth-order valence-electron chi connectivity index (χ4n) is 2.77. The van der Waals surface area contributed by atoms with E-state index in [1.165, 1.54) is 23.1 Å². The molecule has 0 radical (unpaired) electrons. The number of hydrogen-bond acceptors (Lipinski definition) is 5. The Bertz CT molecular complexity index is 807. The summed E-state index contributed by atoms with van der Waals surface area (Å²) < 4.78 is 59.1. The summed E-state index contributed by atoms with van der Waals surface area (Å²) in [5.74, 6) is -1.69. The van der Waals surface area contributed by atoms with Gasteiger partial charge in [0.05, 0.1) is 27.9 Å². The van der Waals surface area contributed by atoms with Gasteiger partial charge in [0, 0.05) is 19.0 Å². The highest BCUT2D eigenvalue weighted by Gasteiger charge is 2.31. The van der Waals surface area contributed by atoms with E-state index in [9.17, 15) is 9.59 Å². The zero-order valence-electron chi connectivity index (χ0n) is 20.6. The molecule has 0 unspecified atom stereocenters. The molecule has 1 heterocycles. The third-order valence-corrected chi connectivity index (χ3v) is 3.97. The SMILES string of the molecule is [2H]C([2H])([2H])Oc1cccc(C(=O)C2CCN(C(=O)OC(C)(C)C)CC2)c1OC([2H])([2H])[2H]. The number of nitrogens with zero attached hydrogens (tertiary/aromatic N) is 1. The molecule has 1 aliphatic heterocycles. The second-order valence-electron chi connectivity index (χ2n) is 6.94. The Kier molecular flexibility index (Phi) is 3.78. The van der Waals surface area contributed by atoms with E-state index in [0.29, 0.717) is 25.9 Å². The smallest absolute Gasteiger partial charge is 0.410 e. The average molecular weight is 355 g/mol. The number of carbonyl (C=O) groups excluding carboxylic acids is 2. The lowest BCUT2D eigenvalue weighted by Gasteiger charge is -2.33. The monoisotopic (exact) mass is 355 g/mol. The minimum atomic E-state index is -2.91. The van der Waals surface area contributed by atoms with E-state index in [4.69, 9.17) is 22.4 Å². The van der Waals surface area contributed by atoms with Crippen LogP contribution in [0, 0.1) is 5.92 Å². The number of carbonyl (C=O) groups is 2. The Hall–Kier alpha value is -2.24. The number of para-hydroxylation sites is 1. The van der Waals surface area contributed by atoms with Gasteiger partial charge in [-0.2, -0.15) is 0 Å². The van der Waals surface area contributed by atoms with Gasteiger partial charge in [0.15, 0.2) is 17.3 Å². The quantitative estimate of drug-likeness (QED) is 0.773. The Morgan fingerprint density at radius 2 is 1.84 bits per heavy atom. The molecule has 6 heteroatoms. The number of rotatable bonds is 4. The Morgan fingerprint density at radius 3 is 2.44 bits per heavy atom. The molecule has 25 heavy (non-hydrogen) atoms. The summed E-state index contributed by atoms with van der Waals surface area (Å²) in [7, 11) is -5.77. The fraction of sp³-hybridized carbons (Fsp3) is 0.579. The Balaban J connectivity index is 2.21. The number of likely N-dealkylation sites (tertiary alicyclic amines) is 1. The first-order valence-electron chi connectivity index (χ1n) is 11.1. The van der Waals surface area contributed by atoms with Gasteiger partial charge in [-0.1, -0.05) is 6.07 Å². The first kappa shape index (κ1) is 12.2. The van der Waals surface area contributed by atoms with E-state index in [1.807, 2.05) is 0 Å². The van der Waals surface area contributed by atoms with Gasteiger partial charge < -0.3 is 19.1 Å². The molecule has 2 rings (SSSR count). The number of ether oxygens (including phenoxy) is 3. The van der Waals surface area contributed by atoms with E-state index >= 15 is 0 Å². The average Bonchev–Trinajstić information content (AvgIpc) is 2.59. The number of benzene rings is 1. The number of methoxy groups -OCH3 is 2. The molecule has 0 aromatic heterocycles. The fourth-order valence-corrected chi connectivity index (χ4v) is 2.77. The molecule has 0 atom stereocenters. The Morgan fingerprint density at radius 1 is 1.16 bits per heavy atom. The van der Waals surface area contributed by atoms with Crippen molar-refractivity contribution in [3.63, 3.8) is 0 Å². The van der Waals surface area contributed by atoms with Gasteiger partial charge in [0.2, 0.25) is 0 Å². The number of ketones is 1. The highest BCUT2D eigenvalue weighted by atomic mass is 16.6. The van der Waals surface area contributed by atoms with E-state index in [-0.39, 0.29) is 11.3 Å². The van der Waals surface area contributed by atoms with Crippen LogP contribution in [0.2, 0.25) is 0 Å². The van der Waals surface area contributed by atoms with Gasteiger partial charge in [-0.25, -0.2) is 4.79 Å². The highest BCUT2D eigenvalue weighted by molar-refractivity contribution is 6.01. The highest BCUT2D eigenvalue weighted by Crippen LogP contribution is 2.34. The first-order valence-corrected chi connectivity index (χ1v) is 8.09. The molecule has 0 saturated carbocycles. The lowest BCUT2D eigenvalue weighted by atomic mass is 9.88. The van der Waals surface area contributed by atoms with Gasteiger partial charge in [-0.05, 0) is 45.7 Å². The molecule has 1 saturated heterocycles. The maximum absolute atomic E-state index is 13.1. The normalized spacial score (nSPS) is 20.2. The standard InChI is InChI=1S/C19H27NO5/c1-19(2,3)25-18(22)20-11-9-13(10-12-20)16(21)14-7-6-8-15(23-4)17(14)24-5/h6-8,13H,9-12H2,1-5H3/i4D3,5D3. The molecule has 0 N–H and O–H groups in total. The molecular weight excluding hydrogens is 322 g/mol. The van der Waals surface area contributed by atoms with E-state index in [0.717, 1.165) is 0 Å². The molecule has 1 fully saturated rings. The summed E-state index contributed by atoms with van der Waals surface area (Å²) in [5.41, 5.74) is -0.706. The summed E-state index contributed by atoms with van der Waals surface area (Å²) in [6, 6.07) is 4.00. The van der Waals surface area contributed by atoms with Crippen molar-refractivity contribution >= 4 is 11.9 Å². The van der Waals surface area contributed by atoms with Crippen molar-refractivity contribution in [1.29, 1.82) is 0 Å². The van der Waals surface area contributed by atoms with Crippen molar-refractivity contribution in [1.82, 2.24) is 4.90 Å². The number of Topliss-reactive ketones (excluding diaryl/α,β-unsaturated/α-hetero) is 1. The summed E-state index contributed by atoms with van der Waals surface area (Å²) in [4.78, 5) is 26.9. The van der Waals surface area contributed by atoms with Gasteiger partial charge in [0.25, 0.3) is 0 Å². The predicted molar refractivity (Wildman–Crippen MR) is 94.4 cm³/mol. The van der Waals surface area contributed by atoms with Crippen molar-refractivity contribution in [3.8, 4) is 11.5 Å². The maximum atomic E-state index is 13.1. The molecule has 6 nitrogen and oxygen atoms in total. The Labute approximate surface area is 157 Å². The van der Waals surface area contributed by atoms with Gasteiger partial charge in [0.1, 0.15) is 5.60 Å². The summed E-state index contributed by atoms with van der Waals surface area (Å²) >= 11 is 0. The molecule has 1 amide bonds. The summed E-state index contributed by atoms with van der Waals surface area (Å²) in [5, 5.41) is 0. The van der Waals surface area contributed by atoms with E-state index in [2.05, 4.69) is 0 Å². The lowest BCUT2D eigenvalue weighted by molar-refractivity contribution is 0.0182. The molecule has 1 aromatic carbocycles.